The molecular formula is C10H11ClN4O. The van der Waals surface area contributed by atoms with Crippen molar-refractivity contribution in [2.24, 2.45) is 0 Å². The fraction of sp³-hybridized carbons (Fsp3) is 0.400. The number of nitrogens with one attached hydrogen (secondary N) is 2. The van der Waals surface area contributed by atoms with Crippen LogP contribution in [0.5, 0.6) is 0 Å². The molecule has 5 nitrogen and oxygen atoms in total. The Balaban J connectivity index is 2.17. The fourth-order valence-corrected chi connectivity index (χ4v) is 2.31. The topological polar surface area (TPSA) is 62.2 Å². The normalized spacial score (nSPS) is 20.7. The van der Waals surface area contributed by atoms with Crippen molar-refractivity contribution in [3.8, 4) is 0 Å². The van der Waals surface area contributed by atoms with Crippen LogP contribution in [0.15, 0.2) is 17.1 Å². The summed E-state index contributed by atoms with van der Waals surface area (Å²) in [5.74, 6) is 0.683. The van der Waals surface area contributed by atoms with E-state index in [9.17, 15) is 4.79 Å². The third kappa shape index (κ3) is 1.44. The molecule has 1 aliphatic rings. The maximum Gasteiger partial charge on any atom is 0.276 e. The van der Waals surface area contributed by atoms with E-state index in [0.29, 0.717) is 16.4 Å². The average Bonchev–Trinajstić information content (AvgIpc) is 2.87. The highest BCUT2D eigenvalue weighted by atomic mass is 35.5. The lowest BCUT2D eigenvalue weighted by molar-refractivity contribution is 0.583. The van der Waals surface area contributed by atoms with Crippen LogP contribution in [0.1, 0.15) is 24.7 Å². The summed E-state index contributed by atoms with van der Waals surface area (Å²) in [6.45, 7) is 0.971. The molecule has 1 unspecified atom stereocenters. The first kappa shape index (κ1) is 9.86. The van der Waals surface area contributed by atoms with E-state index in [-0.39, 0.29) is 11.6 Å². The quantitative estimate of drug-likeness (QED) is 0.782. The maximum atomic E-state index is 11.8. The molecule has 0 amide bonds. The molecule has 16 heavy (non-hydrogen) atoms. The molecule has 84 valence electrons. The van der Waals surface area contributed by atoms with Crippen LogP contribution in [0.4, 0.5) is 0 Å². The van der Waals surface area contributed by atoms with Crippen molar-refractivity contribution in [1.82, 2.24) is 19.9 Å². The SMILES string of the molecule is O=c1[nH]c(C2CCCN2)nn2ccc(Cl)c12. The molecule has 0 aromatic carbocycles. The molecule has 1 atom stereocenters. The minimum absolute atomic E-state index is 0.151. The molecule has 3 heterocycles. The predicted octanol–water partition coefficient (Wildman–Crippen LogP) is 1.10. The van der Waals surface area contributed by atoms with Crippen molar-refractivity contribution in [1.29, 1.82) is 0 Å². The molecule has 1 saturated heterocycles. The summed E-state index contributed by atoms with van der Waals surface area (Å²) in [6, 6.07) is 1.82. The third-order valence-electron chi connectivity index (χ3n) is 2.88. The average molecular weight is 239 g/mol. The lowest BCUT2D eigenvalue weighted by Crippen LogP contribution is -2.22. The molecule has 2 N–H and O–H groups in total. The summed E-state index contributed by atoms with van der Waals surface area (Å²) in [5.41, 5.74) is 0.220. The Morgan fingerprint density at radius 2 is 2.44 bits per heavy atom. The second kappa shape index (κ2) is 3.61. The van der Waals surface area contributed by atoms with Crippen molar-refractivity contribution in [3.63, 3.8) is 0 Å². The van der Waals surface area contributed by atoms with Crippen LogP contribution in [-0.4, -0.2) is 21.1 Å². The van der Waals surface area contributed by atoms with Crippen molar-refractivity contribution < 1.29 is 0 Å². The standard InChI is InChI=1S/C10H11ClN4O/c11-6-3-5-15-8(6)10(16)13-9(14-15)7-2-1-4-12-7/h3,5,7,12H,1-2,4H2,(H,13,14,16). The molecule has 1 aliphatic heterocycles. The van der Waals surface area contributed by atoms with Gasteiger partial charge in [0.1, 0.15) is 11.3 Å². The largest absolute Gasteiger partial charge is 0.307 e. The van der Waals surface area contributed by atoms with Crippen LogP contribution in [0.25, 0.3) is 5.52 Å². The van der Waals surface area contributed by atoms with Crippen molar-refractivity contribution in [3.05, 3.63) is 33.5 Å². The van der Waals surface area contributed by atoms with Gasteiger partial charge >= 0.3 is 0 Å². The van der Waals surface area contributed by atoms with Crippen molar-refractivity contribution >= 4 is 17.1 Å². The zero-order valence-electron chi connectivity index (χ0n) is 8.53. The number of hydrogen-bond donors (Lipinski definition) is 2. The van der Waals surface area contributed by atoms with Gasteiger partial charge in [-0.25, -0.2) is 4.52 Å². The van der Waals surface area contributed by atoms with E-state index >= 15 is 0 Å². The Kier molecular flexibility index (Phi) is 2.22. The molecule has 3 rings (SSSR count). The zero-order chi connectivity index (χ0) is 11.1. The van der Waals surface area contributed by atoms with E-state index in [0.717, 1.165) is 19.4 Å². The van der Waals surface area contributed by atoms with E-state index in [1.54, 1.807) is 12.3 Å². The molecular weight excluding hydrogens is 228 g/mol. The number of H-pyrrole nitrogens is 1. The van der Waals surface area contributed by atoms with E-state index in [4.69, 9.17) is 11.6 Å². The van der Waals surface area contributed by atoms with Crippen molar-refractivity contribution in [2.45, 2.75) is 18.9 Å². The van der Waals surface area contributed by atoms with Crippen LogP contribution in [0.3, 0.4) is 0 Å². The Morgan fingerprint density at radius 3 is 3.19 bits per heavy atom. The molecule has 6 heteroatoms. The highest BCUT2D eigenvalue weighted by Gasteiger charge is 2.20. The summed E-state index contributed by atoms with van der Waals surface area (Å²) in [7, 11) is 0. The first-order valence-corrected chi connectivity index (χ1v) is 5.64. The second-order valence-corrected chi connectivity index (χ2v) is 4.35. The Hall–Kier alpha value is -1.33. The highest BCUT2D eigenvalue weighted by Crippen LogP contribution is 2.20. The summed E-state index contributed by atoms with van der Waals surface area (Å²) in [6.07, 6.45) is 3.81. The summed E-state index contributed by atoms with van der Waals surface area (Å²) in [4.78, 5) is 14.6. The summed E-state index contributed by atoms with van der Waals surface area (Å²) < 4.78 is 1.54. The van der Waals surface area contributed by atoms with E-state index in [2.05, 4.69) is 15.4 Å². The number of fused-ring (bicyclic) bond motifs is 1. The lowest BCUT2D eigenvalue weighted by atomic mass is 10.2. The van der Waals surface area contributed by atoms with Crippen LogP contribution < -0.4 is 10.9 Å². The van der Waals surface area contributed by atoms with E-state index in [1.165, 1.54) is 4.52 Å². The lowest BCUT2D eigenvalue weighted by Gasteiger charge is -2.08. The zero-order valence-corrected chi connectivity index (χ0v) is 9.29. The van der Waals surface area contributed by atoms with Crippen molar-refractivity contribution in [2.75, 3.05) is 6.54 Å². The Labute approximate surface area is 96.4 Å². The molecule has 2 aromatic rings. The van der Waals surface area contributed by atoms with Crippen LogP contribution >= 0.6 is 11.6 Å². The van der Waals surface area contributed by atoms with Gasteiger partial charge in [-0.2, -0.15) is 5.10 Å². The fourth-order valence-electron chi connectivity index (χ4n) is 2.09. The second-order valence-electron chi connectivity index (χ2n) is 3.95. The van der Waals surface area contributed by atoms with Gasteiger partial charge in [0.05, 0.1) is 11.1 Å². The van der Waals surface area contributed by atoms with E-state index in [1.807, 2.05) is 0 Å². The number of aromatic amines is 1. The first-order valence-electron chi connectivity index (χ1n) is 5.26. The van der Waals surface area contributed by atoms with Gasteiger partial charge in [-0.3, -0.25) is 4.79 Å². The number of rotatable bonds is 1. The van der Waals surface area contributed by atoms with Crippen LogP contribution in [0, 0.1) is 0 Å². The highest BCUT2D eigenvalue weighted by molar-refractivity contribution is 6.33. The van der Waals surface area contributed by atoms with Gasteiger partial charge in [-0.15, -0.1) is 0 Å². The third-order valence-corrected chi connectivity index (χ3v) is 3.18. The number of hydrogen-bond acceptors (Lipinski definition) is 3. The van der Waals surface area contributed by atoms with Gasteiger partial charge in [0, 0.05) is 6.20 Å². The van der Waals surface area contributed by atoms with Crippen LogP contribution in [-0.2, 0) is 0 Å². The minimum Gasteiger partial charge on any atom is -0.307 e. The Morgan fingerprint density at radius 1 is 1.56 bits per heavy atom. The molecule has 0 radical (unpaired) electrons. The number of nitrogens with zero attached hydrogens (tertiary/aromatic N) is 2. The van der Waals surface area contributed by atoms with Gasteiger partial charge in [0.15, 0.2) is 0 Å². The minimum atomic E-state index is -0.186. The molecule has 0 bridgehead atoms. The van der Waals surface area contributed by atoms with Gasteiger partial charge in [0.2, 0.25) is 0 Å². The monoisotopic (exact) mass is 238 g/mol. The first-order chi connectivity index (χ1) is 7.75. The summed E-state index contributed by atoms with van der Waals surface area (Å²) in [5, 5.41) is 8.08. The summed E-state index contributed by atoms with van der Waals surface area (Å²) >= 11 is 5.89. The smallest absolute Gasteiger partial charge is 0.276 e. The molecule has 0 aliphatic carbocycles. The van der Waals surface area contributed by atoms with Gasteiger partial charge in [0.25, 0.3) is 5.56 Å². The maximum absolute atomic E-state index is 11.8. The number of aromatic nitrogens is 3. The molecule has 0 spiro atoms. The number of halogens is 1. The van der Waals surface area contributed by atoms with Gasteiger partial charge in [-0.05, 0) is 25.5 Å². The molecule has 0 saturated carbocycles. The molecule has 1 fully saturated rings. The Bertz CT molecular complexity index is 582. The van der Waals surface area contributed by atoms with Crippen LogP contribution in [0.2, 0.25) is 5.02 Å². The van der Waals surface area contributed by atoms with Gasteiger partial charge in [-0.1, -0.05) is 11.6 Å². The van der Waals surface area contributed by atoms with Gasteiger partial charge < -0.3 is 10.3 Å². The predicted molar refractivity (Wildman–Crippen MR) is 60.8 cm³/mol. The molecule has 2 aromatic heterocycles. The van der Waals surface area contributed by atoms with E-state index < -0.39 is 0 Å².